The van der Waals surface area contributed by atoms with Crippen LogP contribution in [0.1, 0.15) is 41.2 Å². The van der Waals surface area contributed by atoms with Crippen molar-refractivity contribution in [3.8, 4) is 0 Å². The molecule has 2 aromatic heterocycles. The van der Waals surface area contributed by atoms with Crippen LogP contribution in [0, 0.1) is 13.8 Å². The number of rotatable bonds is 7. The number of ether oxygens (including phenoxy) is 1. The number of esters is 1. The molecule has 3 rings (SSSR count). The van der Waals surface area contributed by atoms with Gasteiger partial charge in [-0.25, -0.2) is 14.8 Å². The summed E-state index contributed by atoms with van der Waals surface area (Å²) in [6.45, 7) is 14.5. The summed E-state index contributed by atoms with van der Waals surface area (Å²) in [6.07, 6.45) is 11.6. The van der Waals surface area contributed by atoms with Crippen molar-refractivity contribution in [2.75, 3.05) is 36.5 Å². The van der Waals surface area contributed by atoms with E-state index < -0.39 is 5.97 Å². The second kappa shape index (κ2) is 10.8. The predicted molar refractivity (Wildman–Crippen MR) is 131 cm³/mol. The summed E-state index contributed by atoms with van der Waals surface area (Å²) >= 11 is 0. The number of hydrogen-bond acceptors (Lipinski definition) is 8. The summed E-state index contributed by atoms with van der Waals surface area (Å²) in [5.41, 5.74) is 4.77. The lowest BCUT2D eigenvalue weighted by molar-refractivity contribution is 0.0593. The number of allylic oxidation sites excluding steroid dienone is 5. The lowest BCUT2D eigenvalue weighted by Crippen LogP contribution is -2.53. The van der Waals surface area contributed by atoms with E-state index >= 15 is 0 Å². The van der Waals surface area contributed by atoms with E-state index in [1.807, 2.05) is 12.2 Å². The van der Waals surface area contributed by atoms with E-state index in [1.165, 1.54) is 24.4 Å². The van der Waals surface area contributed by atoms with Gasteiger partial charge in [0, 0.05) is 32.1 Å². The highest BCUT2D eigenvalue weighted by Crippen LogP contribution is 2.26. The number of nitrogens with zero attached hydrogens (tertiary/aromatic N) is 6. The van der Waals surface area contributed by atoms with Crippen molar-refractivity contribution < 1.29 is 9.53 Å². The topological polar surface area (TPSA) is 84.3 Å². The highest BCUT2D eigenvalue weighted by Gasteiger charge is 2.27. The van der Waals surface area contributed by atoms with Crippen LogP contribution in [0.5, 0.6) is 0 Å². The van der Waals surface area contributed by atoms with Crippen LogP contribution in [-0.4, -0.2) is 58.9 Å². The normalized spacial score (nSPS) is 16.9. The molecule has 8 heteroatoms. The van der Waals surface area contributed by atoms with Gasteiger partial charge < -0.3 is 14.5 Å². The number of carbonyl (C=O) groups is 1. The first-order chi connectivity index (χ1) is 15.8. The maximum atomic E-state index is 11.6. The second-order valence-corrected chi connectivity index (χ2v) is 8.27. The van der Waals surface area contributed by atoms with Gasteiger partial charge >= 0.3 is 5.97 Å². The Bertz CT molecular complexity index is 1060. The van der Waals surface area contributed by atoms with Crippen LogP contribution in [0.4, 0.5) is 11.6 Å². The van der Waals surface area contributed by atoms with Gasteiger partial charge in [-0.05, 0) is 38.8 Å². The first-order valence-corrected chi connectivity index (χ1v) is 11.0. The molecule has 174 valence electrons. The van der Waals surface area contributed by atoms with Crippen molar-refractivity contribution in [1.82, 2.24) is 20.2 Å². The molecule has 8 nitrogen and oxygen atoms in total. The predicted octanol–water partition coefficient (Wildman–Crippen LogP) is 3.62. The average Bonchev–Trinajstić information content (AvgIpc) is 2.82. The quantitative estimate of drug-likeness (QED) is 0.469. The van der Waals surface area contributed by atoms with Crippen LogP contribution in [-0.2, 0) is 11.2 Å². The maximum absolute atomic E-state index is 11.6. The monoisotopic (exact) mass is 448 g/mol. The van der Waals surface area contributed by atoms with Crippen LogP contribution < -0.4 is 9.80 Å². The Morgan fingerprint density at radius 1 is 1.18 bits per heavy atom. The van der Waals surface area contributed by atoms with Crippen LogP contribution in [0.15, 0.2) is 48.8 Å². The molecule has 0 bridgehead atoms. The number of anilines is 2. The first kappa shape index (κ1) is 24.1. The maximum Gasteiger partial charge on any atom is 0.358 e. The Balaban J connectivity index is 1.71. The van der Waals surface area contributed by atoms with E-state index in [9.17, 15) is 4.79 Å². The van der Waals surface area contributed by atoms with Crippen LogP contribution in [0.2, 0.25) is 0 Å². The fourth-order valence-corrected chi connectivity index (χ4v) is 3.90. The molecule has 1 aliphatic heterocycles. The molecule has 1 aliphatic rings. The van der Waals surface area contributed by atoms with E-state index in [4.69, 9.17) is 4.74 Å². The third kappa shape index (κ3) is 5.63. The number of hydrogen-bond donors (Lipinski definition) is 0. The fourth-order valence-electron chi connectivity index (χ4n) is 3.90. The molecule has 0 radical (unpaired) electrons. The van der Waals surface area contributed by atoms with E-state index in [2.05, 4.69) is 70.3 Å². The first-order valence-electron chi connectivity index (χ1n) is 11.0. The van der Waals surface area contributed by atoms with Crippen LogP contribution in [0.3, 0.4) is 0 Å². The summed E-state index contributed by atoms with van der Waals surface area (Å²) in [7, 11) is 1.33. The summed E-state index contributed by atoms with van der Waals surface area (Å²) < 4.78 is 4.69. The number of methoxy groups -OCH3 is 1. The number of carbonyl (C=O) groups excluding carboxylic acids is 1. The molecular weight excluding hydrogens is 416 g/mol. The minimum Gasteiger partial charge on any atom is -0.464 e. The van der Waals surface area contributed by atoms with Gasteiger partial charge in [0.1, 0.15) is 5.82 Å². The molecule has 0 aromatic carbocycles. The summed E-state index contributed by atoms with van der Waals surface area (Å²) in [6, 6.07) is 0.194. The van der Waals surface area contributed by atoms with Gasteiger partial charge in [0.15, 0.2) is 11.5 Å². The highest BCUT2D eigenvalue weighted by atomic mass is 16.5. The molecule has 0 saturated carbocycles. The molecule has 3 heterocycles. The summed E-state index contributed by atoms with van der Waals surface area (Å²) in [5.74, 6) is 1.19. The van der Waals surface area contributed by atoms with Crippen LogP contribution >= 0.6 is 0 Å². The fraction of sp³-hybridized carbons (Fsp3) is 0.400. The molecule has 2 aromatic rings. The van der Waals surface area contributed by atoms with E-state index in [-0.39, 0.29) is 11.7 Å². The van der Waals surface area contributed by atoms with Crippen molar-refractivity contribution in [1.29, 1.82) is 0 Å². The zero-order valence-corrected chi connectivity index (χ0v) is 20.1. The zero-order valence-electron chi connectivity index (χ0n) is 20.1. The van der Waals surface area contributed by atoms with Gasteiger partial charge in [0.05, 0.1) is 25.2 Å². The Hall–Kier alpha value is -3.55. The minimum absolute atomic E-state index is 0.194. The van der Waals surface area contributed by atoms with Gasteiger partial charge in [-0.1, -0.05) is 36.5 Å². The molecular formula is C25H32N6O2. The summed E-state index contributed by atoms with van der Waals surface area (Å²) in [4.78, 5) is 24.7. The van der Waals surface area contributed by atoms with Gasteiger partial charge in [-0.15, -0.1) is 5.10 Å². The van der Waals surface area contributed by atoms with Crippen molar-refractivity contribution in [2.24, 2.45) is 0 Å². The van der Waals surface area contributed by atoms with Gasteiger partial charge in [-0.3, -0.25) is 0 Å². The van der Waals surface area contributed by atoms with E-state index in [0.29, 0.717) is 0 Å². The molecule has 0 N–H and O–H groups in total. The third-order valence-corrected chi connectivity index (χ3v) is 5.92. The Labute approximate surface area is 195 Å². The number of aromatic nitrogens is 4. The molecule has 33 heavy (non-hydrogen) atoms. The number of piperazine rings is 1. The second-order valence-electron chi connectivity index (χ2n) is 8.27. The van der Waals surface area contributed by atoms with Gasteiger partial charge in [0.25, 0.3) is 0 Å². The van der Waals surface area contributed by atoms with Crippen molar-refractivity contribution >= 4 is 17.6 Å². The van der Waals surface area contributed by atoms with Gasteiger partial charge in [0.2, 0.25) is 0 Å². The Morgan fingerprint density at radius 2 is 1.97 bits per heavy atom. The SMILES string of the molecule is C=CC=CC=C(C)Cc1nnc(N2CCN(c3cnc(C(=O)OC)cn3)C(C)C2)c(C)c1C. The molecule has 0 amide bonds. The van der Waals surface area contributed by atoms with Crippen molar-refractivity contribution in [3.05, 3.63) is 71.4 Å². The molecule has 0 spiro atoms. The lowest BCUT2D eigenvalue weighted by atomic mass is 10.0. The van der Waals surface area contributed by atoms with Gasteiger partial charge in [-0.2, -0.15) is 5.10 Å². The minimum atomic E-state index is -0.487. The molecule has 1 atom stereocenters. The zero-order chi connectivity index (χ0) is 24.0. The third-order valence-electron chi connectivity index (χ3n) is 5.92. The average molecular weight is 449 g/mol. The molecule has 1 fully saturated rings. The van der Waals surface area contributed by atoms with Crippen LogP contribution in [0.25, 0.3) is 0 Å². The van der Waals surface area contributed by atoms with E-state index in [0.717, 1.165) is 48.9 Å². The van der Waals surface area contributed by atoms with Crippen molar-refractivity contribution in [2.45, 2.75) is 40.2 Å². The molecule has 0 aliphatic carbocycles. The van der Waals surface area contributed by atoms with E-state index in [1.54, 1.807) is 12.3 Å². The Kier molecular flexibility index (Phi) is 7.92. The molecule has 1 saturated heterocycles. The smallest absolute Gasteiger partial charge is 0.358 e. The lowest BCUT2D eigenvalue weighted by Gasteiger charge is -2.41. The molecule has 1 unspecified atom stereocenters. The summed E-state index contributed by atoms with van der Waals surface area (Å²) in [5, 5.41) is 9.16. The largest absolute Gasteiger partial charge is 0.464 e. The highest BCUT2D eigenvalue weighted by molar-refractivity contribution is 5.86. The van der Waals surface area contributed by atoms with Crippen molar-refractivity contribution in [3.63, 3.8) is 0 Å². The standard InChI is InChI=1S/C25H32N6O2/c1-7-8-9-10-17(2)13-21-19(4)20(5)24(29-28-21)30-11-12-31(18(3)16-30)23-15-26-22(14-27-23)25(32)33-6/h7-10,14-15,18H,1,11-13,16H2,2-6H3. The Morgan fingerprint density at radius 3 is 2.61 bits per heavy atom.